The van der Waals surface area contributed by atoms with Crippen LogP contribution in [0.2, 0.25) is 0 Å². The maximum absolute atomic E-state index is 12.1. The van der Waals surface area contributed by atoms with Gasteiger partial charge in [0.2, 0.25) is 0 Å². The van der Waals surface area contributed by atoms with Gasteiger partial charge in [-0.15, -0.1) is 0 Å². The van der Waals surface area contributed by atoms with Gasteiger partial charge in [0, 0.05) is 6.04 Å². The smallest absolute Gasteiger partial charge is 0.182 e. The van der Waals surface area contributed by atoms with E-state index in [-0.39, 0.29) is 11.8 Å². The monoisotopic (exact) mass is 239 g/mol. The third-order valence-corrected chi connectivity index (χ3v) is 5.05. The summed E-state index contributed by atoms with van der Waals surface area (Å²) < 4.78 is 24.1. The average molecular weight is 239 g/mol. The summed E-state index contributed by atoms with van der Waals surface area (Å²) in [6, 6.07) is 3.75. The lowest BCUT2D eigenvalue weighted by Gasteiger charge is -2.27. The molecule has 1 unspecified atom stereocenters. The first-order chi connectivity index (χ1) is 7.44. The number of hydrogen-bond donors (Lipinski definition) is 1. The standard InChI is InChI=1S/C12H17NO2S/c1-4-10-7-16(14,15)12-6-9(3)8(2)5-11(12)13-10/h5-6,10,13H,4,7H2,1-3H3. The Labute approximate surface area is 96.8 Å². The van der Waals surface area contributed by atoms with Crippen LogP contribution < -0.4 is 5.32 Å². The highest BCUT2D eigenvalue weighted by Gasteiger charge is 2.29. The molecule has 16 heavy (non-hydrogen) atoms. The van der Waals surface area contributed by atoms with Crippen LogP contribution in [-0.4, -0.2) is 20.2 Å². The van der Waals surface area contributed by atoms with Crippen LogP contribution in [0.3, 0.4) is 0 Å². The number of sulfone groups is 1. The topological polar surface area (TPSA) is 46.2 Å². The summed E-state index contributed by atoms with van der Waals surface area (Å²) in [6.07, 6.45) is 0.825. The van der Waals surface area contributed by atoms with Crippen molar-refractivity contribution in [1.29, 1.82) is 0 Å². The van der Waals surface area contributed by atoms with Crippen molar-refractivity contribution in [3.05, 3.63) is 23.3 Å². The van der Waals surface area contributed by atoms with E-state index in [2.05, 4.69) is 5.32 Å². The van der Waals surface area contributed by atoms with E-state index in [4.69, 9.17) is 0 Å². The van der Waals surface area contributed by atoms with E-state index in [1.54, 1.807) is 6.07 Å². The van der Waals surface area contributed by atoms with Gasteiger partial charge in [-0.25, -0.2) is 8.42 Å². The largest absolute Gasteiger partial charge is 0.380 e. The number of hydrogen-bond acceptors (Lipinski definition) is 3. The minimum atomic E-state index is -3.11. The first-order valence-corrected chi connectivity index (χ1v) is 7.20. The Morgan fingerprint density at radius 2 is 1.94 bits per heavy atom. The summed E-state index contributed by atoms with van der Waals surface area (Å²) in [4.78, 5) is 0.459. The van der Waals surface area contributed by atoms with Gasteiger partial charge in [0.05, 0.1) is 16.3 Å². The number of fused-ring (bicyclic) bond motifs is 1. The van der Waals surface area contributed by atoms with Gasteiger partial charge in [-0.1, -0.05) is 6.92 Å². The first kappa shape index (κ1) is 11.5. The maximum Gasteiger partial charge on any atom is 0.182 e. The average Bonchev–Trinajstić information content (AvgIpc) is 2.20. The van der Waals surface area contributed by atoms with E-state index >= 15 is 0 Å². The van der Waals surface area contributed by atoms with Crippen molar-refractivity contribution in [2.75, 3.05) is 11.1 Å². The molecule has 0 spiro atoms. The molecule has 1 aromatic rings. The summed E-state index contributed by atoms with van der Waals surface area (Å²) in [6.45, 7) is 5.94. The highest BCUT2D eigenvalue weighted by atomic mass is 32.2. The van der Waals surface area contributed by atoms with Gasteiger partial charge in [0.1, 0.15) is 0 Å². The summed E-state index contributed by atoms with van der Waals surface area (Å²) in [5.41, 5.74) is 2.92. The molecular formula is C12H17NO2S. The van der Waals surface area contributed by atoms with Gasteiger partial charge in [-0.2, -0.15) is 0 Å². The fraction of sp³-hybridized carbons (Fsp3) is 0.500. The van der Waals surface area contributed by atoms with Crippen LogP contribution in [0.4, 0.5) is 5.69 Å². The van der Waals surface area contributed by atoms with E-state index in [0.29, 0.717) is 4.90 Å². The summed E-state index contributed by atoms with van der Waals surface area (Å²) in [5, 5.41) is 3.29. The summed E-state index contributed by atoms with van der Waals surface area (Å²) in [7, 11) is -3.11. The molecule has 4 heteroatoms. The molecule has 1 aliphatic heterocycles. The lowest BCUT2D eigenvalue weighted by atomic mass is 10.1. The molecule has 1 heterocycles. The molecule has 2 rings (SSSR count). The van der Waals surface area contributed by atoms with Crippen molar-refractivity contribution >= 4 is 15.5 Å². The highest BCUT2D eigenvalue weighted by molar-refractivity contribution is 7.91. The fourth-order valence-corrected chi connectivity index (χ4v) is 3.83. The molecule has 0 saturated carbocycles. The molecule has 1 N–H and O–H groups in total. The van der Waals surface area contributed by atoms with Crippen LogP contribution in [0.5, 0.6) is 0 Å². The normalized spacial score (nSPS) is 22.3. The molecule has 1 atom stereocenters. The Morgan fingerprint density at radius 1 is 1.31 bits per heavy atom. The second-order valence-corrected chi connectivity index (χ2v) is 6.47. The zero-order chi connectivity index (χ0) is 11.9. The molecule has 0 amide bonds. The third kappa shape index (κ3) is 1.82. The predicted molar refractivity (Wildman–Crippen MR) is 65.7 cm³/mol. The van der Waals surface area contributed by atoms with Gasteiger partial charge < -0.3 is 5.32 Å². The lowest BCUT2D eigenvalue weighted by Crippen LogP contribution is -2.33. The first-order valence-electron chi connectivity index (χ1n) is 5.54. The number of rotatable bonds is 1. The van der Waals surface area contributed by atoms with E-state index in [9.17, 15) is 8.42 Å². The Hall–Kier alpha value is -1.03. The minimum Gasteiger partial charge on any atom is -0.380 e. The molecule has 0 aromatic heterocycles. The molecule has 0 radical (unpaired) electrons. The number of aryl methyl sites for hydroxylation is 2. The van der Waals surface area contributed by atoms with Crippen molar-refractivity contribution < 1.29 is 8.42 Å². The molecule has 3 nitrogen and oxygen atoms in total. The minimum absolute atomic E-state index is 0.0413. The molecule has 88 valence electrons. The van der Waals surface area contributed by atoms with Gasteiger partial charge in [-0.05, 0) is 43.5 Å². The van der Waals surface area contributed by atoms with Crippen LogP contribution in [0.15, 0.2) is 17.0 Å². The molecular weight excluding hydrogens is 222 g/mol. The third-order valence-electron chi connectivity index (χ3n) is 3.20. The van der Waals surface area contributed by atoms with Gasteiger partial charge >= 0.3 is 0 Å². The molecule has 0 bridgehead atoms. The Bertz CT molecular complexity index is 520. The Balaban J connectivity index is 2.60. The zero-order valence-corrected chi connectivity index (χ0v) is 10.7. The number of nitrogens with one attached hydrogen (secondary N) is 1. The van der Waals surface area contributed by atoms with Crippen LogP contribution in [0, 0.1) is 13.8 Å². The van der Waals surface area contributed by atoms with Crippen LogP contribution in [0.1, 0.15) is 24.5 Å². The molecule has 1 aromatic carbocycles. The van der Waals surface area contributed by atoms with E-state index in [1.165, 1.54) is 0 Å². The van der Waals surface area contributed by atoms with Gasteiger partial charge in [-0.3, -0.25) is 0 Å². The molecule has 0 fully saturated rings. The summed E-state index contributed by atoms with van der Waals surface area (Å²) in [5.74, 6) is 0.207. The Kier molecular flexibility index (Phi) is 2.70. The summed E-state index contributed by atoms with van der Waals surface area (Å²) >= 11 is 0. The van der Waals surface area contributed by atoms with Gasteiger partial charge in [0.25, 0.3) is 0 Å². The van der Waals surface area contributed by atoms with Crippen molar-refractivity contribution in [3.63, 3.8) is 0 Å². The van der Waals surface area contributed by atoms with Crippen LogP contribution in [0.25, 0.3) is 0 Å². The molecule has 0 aliphatic carbocycles. The van der Waals surface area contributed by atoms with Crippen LogP contribution in [-0.2, 0) is 9.84 Å². The van der Waals surface area contributed by atoms with Crippen LogP contribution >= 0.6 is 0 Å². The van der Waals surface area contributed by atoms with E-state index in [0.717, 1.165) is 23.2 Å². The Morgan fingerprint density at radius 3 is 2.56 bits per heavy atom. The quantitative estimate of drug-likeness (QED) is 0.818. The number of benzene rings is 1. The lowest BCUT2D eigenvalue weighted by molar-refractivity contribution is 0.583. The predicted octanol–water partition coefficient (Wildman–Crippen LogP) is 2.28. The second-order valence-electron chi connectivity index (χ2n) is 4.46. The number of anilines is 1. The highest BCUT2D eigenvalue weighted by Crippen LogP contribution is 2.31. The second kappa shape index (κ2) is 3.77. The van der Waals surface area contributed by atoms with Crippen molar-refractivity contribution in [3.8, 4) is 0 Å². The molecule has 0 saturated heterocycles. The zero-order valence-electron chi connectivity index (χ0n) is 9.87. The van der Waals surface area contributed by atoms with E-state index in [1.807, 2.05) is 26.8 Å². The SMILES string of the molecule is CCC1CS(=O)(=O)c2cc(C)c(C)cc2N1. The van der Waals surface area contributed by atoms with E-state index < -0.39 is 9.84 Å². The maximum atomic E-state index is 12.1. The van der Waals surface area contributed by atoms with Gasteiger partial charge in [0.15, 0.2) is 9.84 Å². The van der Waals surface area contributed by atoms with Crippen molar-refractivity contribution in [1.82, 2.24) is 0 Å². The fourth-order valence-electron chi connectivity index (χ4n) is 2.00. The van der Waals surface area contributed by atoms with Crippen molar-refractivity contribution in [2.24, 2.45) is 0 Å². The molecule has 1 aliphatic rings. The van der Waals surface area contributed by atoms with Crippen molar-refractivity contribution in [2.45, 2.75) is 38.1 Å².